The zero-order chi connectivity index (χ0) is 12.7. The molecule has 18 heavy (non-hydrogen) atoms. The number of carbonyl (C=O) groups excluding carboxylic acids is 1. The summed E-state index contributed by atoms with van der Waals surface area (Å²) in [7, 11) is 0. The van der Waals surface area contributed by atoms with Gasteiger partial charge >= 0.3 is 0 Å². The normalized spacial score (nSPS) is 43.4. The second-order valence-corrected chi connectivity index (χ2v) is 6.59. The van der Waals surface area contributed by atoms with E-state index >= 15 is 0 Å². The lowest BCUT2D eigenvalue weighted by Crippen LogP contribution is -2.48. The number of hydrogen-bond donors (Lipinski definition) is 1. The first kappa shape index (κ1) is 12.5. The second-order valence-electron chi connectivity index (χ2n) is 6.59. The molecule has 2 bridgehead atoms. The van der Waals surface area contributed by atoms with E-state index in [1.165, 1.54) is 19.3 Å². The van der Waals surface area contributed by atoms with Crippen LogP contribution in [0.1, 0.15) is 45.4 Å². The fourth-order valence-electron chi connectivity index (χ4n) is 4.40. The molecule has 3 nitrogen and oxygen atoms in total. The summed E-state index contributed by atoms with van der Waals surface area (Å²) < 4.78 is 0. The lowest BCUT2D eigenvalue weighted by Gasteiger charge is -2.38. The van der Waals surface area contributed by atoms with Gasteiger partial charge in [-0.2, -0.15) is 0 Å². The number of amides is 1. The van der Waals surface area contributed by atoms with Crippen LogP contribution in [0.25, 0.3) is 0 Å². The summed E-state index contributed by atoms with van der Waals surface area (Å²) in [6.07, 6.45) is 6.61. The number of carbonyl (C=O) groups is 1. The number of hydrogen-bond acceptors (Lipinski definition) is 2. The largest absolute Gasteiger partial charge is 0.393 e. The molecular formula is C15H25NO2. The number of rotatable bonds is 2. The molecule has 3 heteroatoms. The van der Waals surface area contributed by atoms with Gasteiger partial charge in [-0.1, -0.05) is 13.3 Å². The first-order valence-corrected chi connectivity index (χ1v) is 7.66. The van der Waals surface area contributed by atoms with Crippen molar-refractivity contribution in [1.29, 1.82) is 0 Å². The van der Waals surface area contributed by atoms with Crippen molar-refractivity contribution in [3.05, 3.63) is 0 Å². The number of nitrogens with zero attached hydrogens (tertiary/aromatic N) is 1. The average molecular weight is 251 g/mol. The first-order valence-electron chi connectivity index (χ1n) is 7.66. The Labute approximate surface area is 110 Å². The number of likely N-dealkylation sites (tertiary alicyclic amines) is 1. The van der Waals surface area contributed by atoms with E-state index < -0.39 is 0 Å². The van der Waals surface area contributed by atoms with Crippen molar-refractivity contribution in [2.45, 2.75) is 51.6 Å². The summed E-state index contributed by atoms with van der Waals surface area (Å²) in [6.45, 7) is 3.66. The predicted octanol–water partition coefficient (Wildman–Crippen LogP) is 2.04. The van der Waals surface area contributed by atoms with E-state index in [1.807, 2.05) is 4.90 Å². The van der Waals surface area contributed by atoms with Gasteiger partial charge in [0, 0.05) is 24.9 Å². The Morgan fingerprint density at radius 2 is 2.11 bits per heavy atom. The zero-order valence-corrected chi connectivity index (χ0v) is 11.3. The molecule has 2 aliphatic carbocycles. The van der Waals surface area contributed by atoms with Gasteiger partial charge < -0.3 is 10.0 Å². The van der Waals surface area contributed by atoms with Crippen LogP contribution in [-0.2, 0) is 4.79 Å². The molecule has 5 atom stereocenters. The van der Waals surface area contributed by atoms with E-state index in [0.29, 0.717) is 23.7 Å². The molecule has 5 unspecified atom stereocenters. The van der Waals surface area contributed by atoms with Crippen molar-refractivity contribution in [2.24, 2.45) is 23.7 Å². The first-order chi connectivity index (χ1) is 8.69. The average Bonchev–Trinajstić information content (AvgIpc) is 3.00. The van der Waals surface area contributed by atoms with Crippen LogP contribution >= 0.6 is 0 Å². The molecular weight excluding hydrogens is 226 g/mol. The second kappa shape index (κ2) is 4.84. The highest BCUT2D eigenvalue weighted by Gasteiger charge is 2.45. The quantitative estimate of drug-likeness (QED) is 0.816. The Bertz CT molecular complexity index is 330. The molecule has 3 fully saturated rings. The summed E-state index contributed by atoms with van der Waals surface area (Å²) >= 11 is 0. The van der Waals surface area contributed by atoms with Gasteiger partial charge in [0.25, 0.3) is 0 Å². The van der Waals surface area contributed by atoms with Gasteiger partial charge in [0.15, 0.2) is 0 Å². The van der Waals surface area contributed by atoms with Crippen molar-refractivity contribution < 1.29 is 9.90 Å². The Kier molecular flexibility index (Phi) is 3.35. The van der Waals surface area contributed by atoms with Crippen LogP contribution < -0.4 is 0 Å². The third-order valence-corrected chi connectivity index (χ3v) is 5.59. The number of fused-ring (bicyclic) bond motifs is 2. The fraction of sp³-hybridized carbons (Fsp3) is 0.933. The molecule has 102 valence electrons. The third kappa shape index (κ3) is 2.07. The van der Waals surface area contributed by atoms with Crippen LogP contribution in [0.4, 0.5) is 0 Å². The Morgan fingerprint density at radius 1 is 1.28 bits per heavy atom. The summed E-state index contributed by atoms with van der Waals surface area (Å²) in [5.41, 5.74) is 0. The van der Waals surface area contributed by atoms with Crippen LogP contribution in [0.15, 0.2) is 0 Å². The summed E-state index contributed by atoms with van der Waals surface area (Å²) in [4.78, 5) is 14.7. The number of aliphatic hydroxyl groups is 1. The van der Waals surface area contributed by atoms with E-state index in [0.717, 1.165) is 38.3 Å². The van der Waals surface area contributed by atoms with Gasteiger partial charge in [-0.25, -0.2) is 0 Å². The summed E-state index contributed by atoms with van der Waals surface area (Å²) in [6, 6.07) is 0. The van der Waals surface area contributed by atoms with Gasteiger partial charge in [-0.05, 0) is 43.9 Å². The SMILES string of the molecule is CCC1CN(C(=O)C2CC3CCC2C3)CCC1O. The van der Waals surface area contributed by atoms with E-state index in [1.54, 1.807) is 0 Å². The van der Waals surface area contributed by atoms with Crippen molar-refractivity contribution >= 4 is 5.91 Å². The standard InChI is InChI=1S/C15H25NO2/c1-2-11-9-16(6-5-14(11)17)15(18)13-8-10-3-4-12(13)7-10/h10-14,17H,2-9H2,1H3. The third-order valence-electron chi connectivity index (χ3n) is 5.59. The summed E-state index contributed by atoms with van der Waals surface area (Å²) in [5, 5.41) is 9.90. The van der Waals surface area contributed by atoms with E-state index in [9.17, 15) is 9.90 Å². The van der Waals surface area contributed by atoms with Gasteiger partial charge in [0.1, 0.15) is 0 Å². The predicted molar refractivity (Wildman–Crippen MR) is 69.9 cm³/mol. The van der Waals surface area contributed by atoms with Crippen LogP contribution in [-0.4, -0.2) is 35.1 Å². The molecule has 1 heterocycles. The zero-order valence-electron chi connectivity index (χ0n) is 11.3. The van der Waals surface area contributed by atoms with Crippen LogP contribution in [0.3, 0.4) is 0 Å². The van der Waals surface area contributed by atoms with Crippen molar-refractivity contribution in [3.63, 3.8) is 0 Å². The van der Waals surface area contributed by atoms with Gasteiger partial charge in [0.2, 0.25) is 5.91 Å². The maximum atomic E-state index is 12.6. The van der Waals surface area contributed by atoms with Crippen molar-refractivity contribution in [2.75, 3.05) is 13.1 Å². The minimum absolute atomic E-state index is 0.195. The number of piperidine rings is 1. The minimum atomic E-state index is -0.195. The molecule has 1 aliphatic heterocycles. The highest BCUT2D eigenvalue weighted by Crippen LogP contribution is 2.49. The van der Waals surface area contributed by atoms with E-state index in [2.05, 4.69) is 6.92 Å². The molecule has 0 aromatic carbocycles. The number of aliphatic hydroxyl groups excluding tert-OH is 1. The molecule has 1 N–H and O–H groups in total. The van der Waals surface area contributed by atoms with E-state index in [-0.39, 0.29) is 6.10 Å². The maximum absolute atomic E-state index is 12.6. The lowest BCUT2D eigenvalue weighted by atomic mass is 9.86. The van der Waals surface area contributed by atoms with Crippen molar-refractivity contribution in [3.8, 4) is 0 Å². The van der Waals surface area contributed by atoms with E-state index in [4.69, 9.17) is 0 Å². The molecule has 3 aliphatic rings. The molecule has 0 radical (unpaired) electrons. The molecule has 0 aromatic heterocycles. The fourth-order valence-corrected chi connectivity index (χ4v) is 4.40. The maximum Gasteiger partial charge on any atom is 0.225 e. The van der Waals surface area contributed by atoms with Crippen LogP contribution in [0, 0.1) is 23.7 Å². The Hall–Kier alpha value is -0.570. The molecule has 0 aromatic rings. The van der Waals surface area contributed by atoms with Gasteiger partial charge in [-0.15, -0.1) is 0 Å². The van der Waals surface area contributed by atoms with Gasteiger partial charge in [-0.3, -0.25) is 4.79 Å². The molecule has 1 saturated heterocycles. The lowest BCUT2D eigenvalue weighted by molar-refractivity contribution is -0.141. The highest BCUT2D eigenvalue weighted by atomic mass is 16.3. The summed E-state index contributed by atoms with van der Waals surface area (Å²) in [5.74, 6) is 2.51. The highest BCUT2D eigenvalue weighted by molar-refractivity contribution is 5.79. The Morgan fingerprint density at radius 3 is 2.72 bits per heavy atom. The van der Waals surface area contributed by atoms with Gasteiger partial charge in [0.05, 0.1) is 6.10 Å². The molecule has 3 rings (SSSR count). The molecule has 0 spiro atoms. The Balaban J connectivity index is 1.63. The monoisotopic (exact) mass is 251 g/mol. The molecule has 2 saturated carbocycles. The molecule has 1 amide bonds. The smallest absolute Gasteiger partial charge is 0.225 e. The topological polar surface area (TPSA) is 40.5 Å². The van der Waals surface area contributed by atoms with Crippen LogP contribution in [0.2, 0.25) is 0 Å². The van der Waals surface area contributed by atoms with Crippen LogP contribution in [0.5, 0.6) is 0 Å². The van der Waals surface area contributed by atoms with Crippen molar-refractivity contribution in [1.82, 2.24) is 4.90 Å². The minimum Gasteiger partial charge on any atom is -0.393 e.